The van der Waals surface area contributed by atoms with E-state index in [2.05, 4.69) is 10.6 Å². The predicted molar refractivity (Wildman–Crippen MR) is 100 cm³/mol. The van der Waals surface area contributed by atoms with Gasteiger partial charge in [0.1, 0.15) is 0 Å². The minimum Gasteiger partial charge on any atom is -0.320 e. The van der Waals surface area contributed by atoms with Crippen molar-refractivity contribution in [2.75, 3.05) is 5.32 Å². The first-order valence-electron chi connectivity index (χ1n) is 7.64. The molecule has 0 fully saturated rings. The molecule has 128 valence electrons. The molecule has 1 aliphatic rings. The van der Waals surface area contributed by atoms with Crippen LogP contribution in [-0.2, 0) is 0 Å². The third kappa shape index (κ3) is 2.53. The van der Waals surface area contributed by atoms with Crippen LogP contribution in [0.4, 0.5) is 5.69 Å². The molecule has 0 aromatic heterocycles. The highest BCUT2D eigenvalue weighted by atomic mass is 35.5. The highest BCUT2D eigenvalue weighted by Gasteiger charge is 2.34. The summed E-state index contributed by atoms with van der Waals surface area (Å²) in [5.41, 5.74) is 0.739. The standard InChI is InChI=1S/C19H10Cl2N2O3/c20-10-7-5-9(6-8-10)17(24)22-16-14-13(18(25)23-19(14)26)11-3-1-2-4-12(11)15(16)21/h1-8H,(H,22,24)(H,23,25,26). The Hall–Kier alpha value is -2.89. The highest BCUT2D eigenvalue weighted by Crippen LogP contribution is 2.40. The van der Waals surface area contributed by atoms with E-state index >= 15 is 0 Å². The van der Waals surface area contributed by atoms with Crippen molar-refractivity contribution in [2.24, 2.45) is 0 Å². The van der Waals surface area contributed by atoms with Crippen LogP contribution in [0.15, 0.2) is 48.5 Å². The SMILES string of the molecule is O=C(Nc1c2c(c3ccccc3c1Cl)C(=O)NC2=O)c1ccc(Cl)cc1. The van der Waals surface area contributed by atoms with E-state index in [1.807, 2.05) is 0 Å². The fourth-order valence-corrected chi connectivity index (χ4v) is 3.42. The average Bonchev–Trinajstić information content (AvgIpc) is 2.93. The van der Waals surface area contributed by atoms with Gasteiger partial charge in [-0.15, -0.1) is 0 Å². The molecule has 0 aliphatic carbocycles. The van der Waals surface area contributed by atoms with Gasteiger partial charge in [-0.25, -0.2) is 0 Å². The van der Waals surface area contributed by atoms with Crippen LogP contribution in [0.5, 0.6) is 0 Å². The Labute approximate surface area is 157 Å². The van der Waals surface area contributed by atoms with Crippen LogP contribution in [-0.4, -0.2) is 17.7 Å². The van der Waals surface area contributed by atoms with E-state index in [1.54, 1.807) is 48.5 Å². The fraction of sp³-hybridized carbons (Fsp3) is 0. The number of hydrogen-bond acceptors (Lipinski definition) is 3. The number of anilines is 1. The fourth-order valence-electron chi connectivity index (χ4n) is 2.99. The van der Waals surface area contributed by atoms with Gasteiger partial charge in [0.2, 0.25) is 0 Å². The van der Waals surface area contributed by atoms with Crippen molar-refractivity contribution in [1.82, 2.24) is 5.32 Å². The summed E-state index contributed by atoms with van der Waals surface area (Å²) in [7, 11) is 0. The van der Waals surface area contributed by atoms with Crippen LogP contribution >= 0.6 is 23.2 Å². The number of halogens is 2. The summed E-state index contributed by atoms with van der Waals surface area (Å²) in [5.74, 6) is -1.57. The summed E-state index contributed by atoms with van der Waals surface area (Å²) >= 11 is 12.3. The van der Waals surface area contributed by atoms with E-state index in [-0.39, 0.29) is 21.8 Å². The molecule has 0 spiro atoms. The van der Waals surface area contributed by atoms with Crippen molar-refractivity contribution in [2.45, 2.75) is 0 Å². The molecule has 0 saturated heterocycles. The summed E-state index contributed by atoms with van der Waals surface area (Å²) in [6.07, 6.45) is 0. The molecule has 0 bridgehead atoms. The van der Waals surface area contributed by atoms with Crippen molar-refractivity contribution in [3.8, 4) is 0 Å². The van der Waals surface area contributed by atoms with E-state index in [1.165, 1.54) is 0 Å². The lowest BCUT2D eigenvalue weighted by Gasteiger charge is -2.14. The van der Waals surface area contributed by atoms with Crippen LogP contribution in [0, 0.1) is 0 Å². The Balaban J connectivity index is 1.90. The van der Waals surface area contributed by atoms with Gasteiger partial charge in [0, 0.05) is 16.0 Å². The smallest absolute Gasteiger partial charge is 0.261 e. The number of hydrogen-bond donors (Lipinski definition) is 2. The maximum atomic E-state index is 12.6. The molecule has 0 unspecified atom stereocenters. The number of carbonyl (C=O) groups is 3. The van der Waals surface area contributed by atoms with Crippen LogP contribution < -0.4 is 10.6 Å². The first-order chi connectivity index (χ1) is 12.5. The van der Waals surface area contributed by atoms with E-state index in [0.717, 1.165) is 0 Å². The minimum atomic E-state index is -0.593. The van der Waals surface area contributed by atoms with Gasteiger partial charge < -0.3 is 5.32 Å². The number of rotatable bonds is 2. The first-order valence-corrected chi connectivity index (χ1v) is 8.39. The zero-order valence-electron chi connectivity index (χ0n) is 13.1. The van der Waals surface area contributed by atoms with Crippen LogP contribution in [0.25, 0.3) is 10.8 Å². The Morgan fingerprint density at radius 2 is 1.46 bits per heavy atom. The second-order valence-electron chi connectivity index (χ2n) is 5.73. The summed E-state index contributed by atoms with van der Waals surface area (Å²) in [5, 5.41) is 6.75. The third-order valence-electron chi connectivity index (χ3n) is 4.18. The number of benzene rings is 3. The van der Waals surface area contributed by atoms with Gasteiger partial charge in [-0.2, -0.15) is 0 Å². The molecule has 3 aromatic carbocycles. The number of carbonyl (C=O) groups excluding carboxylic acids is 3. The Morgan fingerprint density at radius 3 is 2.15 bits per heavy atom. The predicted octanol–water partition coefficient (Wildman–Crippen LogP) is 4.28. The van der Waals surface area contributed by atoms with Crippen molar-refractivity contribution < 1.29 is 14.4 Å². The normalized spacial score (nSPS) is 12.8. The lowest BCUT2D eigenvalue weighted by Crippen LogP contribution is -2.21. The molecule has 4 rings (SSSR count). The maximum absolute atomic E-state index is 12.6. The van der Waals surface area contributed by atoms with Crippen molar-refractivity contribution in [3.05, 3.63) is 75.3 Å². The monoisotopic (exact) mass is 384 g/mol. The molecule has 1 heterocycles. The Kier molecular flexibility index (Phi) is 3.90. The second kappa shape index (κ2) is 6.12. The van der Waals surface area contributed by atoms with E-state index in [0.29, 0.717) is 21.4 Å². The lowest BCUT2D eigenvalue weighted by atomic mass is 9.98. The molecule has 0 radical (unpaired) electrons. The molecule has 5 nitrogen and oxygen atoms in total. The summed E-state index contributed by atoms with van der Waals surface area (Å²) in [6, 6.07) is 13.2. The van der Waals surface area contributed by atoms with Gasteiger partial charge in [-0.05, 0) is 29.7 Å². The van der Waals surface area contributed by atoms with Gasteiger partial charge in [0.15, 0.2) is 0 Å². The zero-order chi connectivity index (χ0) is 18.4. The molecule has 3 aromatic rings. The molecule has 0 atom stereocenters. The number of fused-ring (bicyclic) bond motifs is 3. The number of amides is 3. The third-order valence-corrected chi connectivity index (χ3v) is 4.82. The second-order valence-corrected chi connectivity index (χ2v) is 6.54. The summed E-state index contributed by atoms with van der Waals surface area (Å²) < 4.78 is 0. The molecular weight excluding hydrogens is 375 g/mol. The van der Waals surface area contributed by atoms with E-state index in [9.17, 15) is 14.4 Å². The molecule has 3 amide bonds. The van der Waals surface area contributed by atoms with Crippen molar-refractivity contribution in [1.29, 1.82) is 0 Å². The Morgan fingerprint density at radius 1 is 0.846 bits per heavy atom. The largest absolute Gasteiger partial charge is 0.320 e. The quantitative estimate of drug-likeness (QED) is 0.647. The van der Waals surface area contributed by atoms with Crippen molar-refractivity contribution >= 4 is 57.4 Å². The minimum absolute atomic E-state index is 0.0704. The lowest BCUT2D eigenvalue weighted by molar-refractivity contribution is 0.0880. The van der Waals surface area contributed by atoms with Gasteiger partial charge >= 0.3 is 0 Å². The molecule has 26 heavy (non-hydrogen) atoms. The molecular formula is C19H10Cl2N2O3. The van der Waals surface area contributed by atoms with E-state index < -0.39 is 17.7 Å². The summed E-state index contributed by atoms with van der Waals surface area (Å²) in [6.45, 7) is 0. The highest BCUT2D eigenvalue weighted by molar-refractivity contribution is 6.43. The van der Waals surface area contributed by atoms with Gasteiger partial charge in [-0.3, -0.25) is 19.7 Å². The first kappa shape index (κ1) is 16.6. The van der Waals surface area contributed by atoms with Gasteiger partial charge in [-0.1, -0.05) is 47.5 Å². The zero-order valence-corrected chi connectivity index (χ0v) is 14.6. The van der Waals surface area contributed by atoms with Crippen molar-refractivity contribution in [3.63, 3.8) is 0 Å². The topological polar surface area (TPSA) is 75.3 Å². The van der Waals surface area contributed by atoms with E-state index in [4.69, 9.17) is 23.2 Å². The van der Waals surface area contributed by atoms with Crippen LogP contribution in [0.1, 0.15) is 31.1 Å². The van der Waals surface area contributed by atoms with Gasteiger partial charge in [0.25, 0.3) is 17.7 Å². The van der Waals surface area contributed by atoms with Crippen LogP contribution in [0.2, 0.25) is 10.0 Å². The average molecular weight is 385 g/mol. The van der Waals surface area contributed by atoms with Crippen LogP contribution in [0.3, 0.4) is 0 Å². The Bertz CT molecular complexity index is 1110. The molecule has 7 heteroatoms. The molecule has 1 aliphatic heterocycles. The maximum Gasteiger partial charge on any atom is 0.261 e. The number of nitrogens with one attached hydrogen (secondary N) is 2. The number of imide groups is 1. The summed E-state index contributed by atoms with van der Waals surface area (Å²) in [4.78, 5) is 37.1. The molecule has 2 N–H and O–H groups in total. The van der Waals surface area contributed by atoms with Gasteiger partial charge in [0.05, 0.1) is 21.8 Å². The molecule has 0 saturated carbocycles.